The Morgan fingerprint density at radius 3 is 2.78 bits per heavy atom. The van der Waals surface area contributed by atoms with Gasteiger partial charge in [-0.05, 0) is 43.4 Å². The molecule has 1 heterocycles. The van der Waals surface area contributed by atoms with Crippen molar-refractivity contribution in [3.8, 4) is 11.8 Å². The Hall–Kier alpha value is -1.30. The third kappa shape index (κ3) is 4.18. The highest BCUT2D eigenvalue weighted by atomic mass is 16.7. The van der Waals surface area contributed by atoms with E-state index in [0.717, 1.165) is 31.4 Å². The molecule has 1 saturated heterocycles. The molecule has 1 fully saturated rings. The Kier molecular flexibility index (Phi) is 5.26. The van der Waals surface area contributed by atoms with Gasteiger partial charge in [-0.25, -0.2) is 0 Å². The maximum absolute atomic E-state index is 5.55. The molecular weight excluding hydrogens is 224 g/mol. The zero-order valence-corrected chi connectivity index (χ0v) is 10.9. The molecule has 0 spiro atoms. The van der Waals surface area contributed by atoms with Gasteiger partial charge in [-0.1, -0.05) is 30.9 Å². The third-order valence-corrected chi connectivity index (χ3v) is 3.07. The van der Waals surface area contributed by atoms with Crippen LogP contribution in [-0.2, 0) is 15.9 Å². The van der Waals surface area contributed by atoms with E-state index >= 15 is 0 Å². The van der Waals surface area contributed by atoms with E-state index in [2.05, 4.69) is 43.0 Å². The first-order valence-corrected chi connectivity index (χ1v) is 6.69. The molecule has 1 atom stereocenters. The van der Waals surface area contributed by atoms with Gasteiger partial charge in [0.2, 0.25) is 0 Å². The summed E-state index contributed by atoms with van der Waals surface area (Å²) in [5, 5.41) is 0. The summed E-state index contributed by atoms with van der Waals surface area (Å²) in [5.74, 6) is 6.14. The first kappa shape index (κ1) is 13.1. The predicted molar refractivity (Wildman–Crippen MR) is 72.2 cm³/mol. The molecule has 18 heavy (non-hydrogen) atoms. The minimum absolute atomic E-state index is 0.0458. The smallest absolute Gasteiger partial charge is 0.158 e. The summed E-state index contributed by atoms with van der Waals surface area (Å²) in [6.45, 7) is 3.41. The van der Waals surface area contributed by atoms with Gasteiger partial charge in [0.1, 0.15) is 6.61 Å². The van der Waals surface area contributed by atoms with Crippen molar-refractivity contribution in [1.82, 2.24) is 0 Å². The Bertz CT molecular complexity index is 405. The number of benzene rings is 1. The first-order valence-electron chi connectivity index (χ1n) is 6.69. The monoisotopic (exact) mass is 244 g/mol. The van der Waals surface area contributed by atoms with Gasteiger partial charge in [0.15, 0.2) is 6.29 Å². The minimum atomic E-state index is -0.0458. The number of rotatable bonds is 3. The molecule has 1 aromatic carbocycles. The molecule has 1 aliphatic heterocycles. The highest BCUT2D eigenvalue weighted by molar-refractivity contribution is 5.36. The second-order valence-electron chi connectivity index (χ2n) is 4.46. The zero-order chi connectivity index (χ0) is 12.6. The molecule has 0 saturated carbocycles. The lowest BCUT2D eigenvalue weighted by Crippen LogP contribution is -2.22. The quantitative estimate of drug-likeness (QED) is 0.760. The molecule has 1 aromatic rings. The second-order valence-corrected chi connectivity index (χ2v) is 4.46. The molecule has 96 valence electrons. The molecule has 0 radical (unpaired) electrons. The van der Waals surface area contributed by atoms with Crippen LogP contribution in [0.25, 0.3) is 0 Å². The molecule has 1 aliphatic rings. The lowest BCUT2D eigenvalue weighted by molar-refractivity contribution is -0.154. The van der Waals surface area contributed by atoms with Gasteiger partial charge < -0.3 is 9.47 Å². The highest BCUT2D eigenvalue weighted by Gasteiger charge is 2.12. The zero-order valence-electron chi connectivity index (χ0n) is 10.9. The van der Waals surface area contributed by atoms with E-state index in [1.807, 2.05) is 0 Å². The summed E-state index contributed by atoms with van der Waals surface area (Å²) in [7, 11) is 0. The van der Waals surface area contributed by atoms with E-state index in [1.165, 1.54) is 12.0 Å². The number of aryl methyl sites for hydroxylation is 1. The van der Waals surface area contributed by atoms with Crippen LogP contribution in [0.15, 0.2) is 24.3 Å². The van der Waals surface area contributed by atoms with Crippen LogP contribution in [0.3, 0.4) is 0 Å². The lowest BCUT2D eigenvalue weighted by atomic mass is 10.1. The summed E-state index contributed by atoms with van der Waals surface area (Å²) < 4.78 is 11.0. The SMILES string of the molecule is CCc1ccc(C#CCOC2CCCCO2)cc1. The second kappa shape index (κ2) is 7.20. The van der Waals surface area contributed by atoms with Crippen molar-refractivity contribution in [2.45, 2.75) is 38.9 Å². The molecule has 0 aromatic heterocycles. The van der Waals surface area contributed by atoms with E-state index in [1.54, 1.807) is 0 Å². The summed E-state index contributed by atoms with van der Waals surface area (Å²) in [5.41, 5.74) is 2.38. The Morgan fingerprint density at radius 2 is 2.11 bits per heavy atom. The molecule has 2 nitrogen and oxygen atoms in total. The topological polar surface area (TPSA) is 18.5 Å². The van der Waals surface area contributed by atoms with Crippen LogP contribution in [0.1, 0.15) is 37.3 Å². The van der Waals surface area contributed by atoms with Gasteiger partial charge in [-0.15, -0.1) is 0 Å². The molecule has 0 aliphatic carbocycles. The molecule has 2 heteroatoms. The fourth-order valence-electron chi connectivity index (χ4n) is 1.94. The summed E-state index contributed by atoms with van der Waals surface area (Å²) >= 11 is 0. The van der Waals surface area contributed by atoms with Crippen LogP contribution in [0.2, 0.25) is 0 Å². The Morgan fingerprint density at radius 1 is 1.28 bits per heavy atom. The van der Waals surface area contributed by atoms with Gasteiger partial charge >= 0.3 is 0 Å². The van der Waals surface area contributed by atoms with E-state index in [0.29, 0.717) is 6.61 Å². The van der Waals surface area contributed by atoms with E-state index < -0.39 is 0 Å². The van der Waals surface area contributed by atoms with Crippen molar-refractivity contribution in [2.24, 2.45) is 0 Å². The van der Waals surface area contributed by atoms with Crippen molar-refractivity contribution in [1.29, 1.82) is 0 Å². The summed E-state index contributed by atoms with van der Waals surface area (Å²) in [6, 6.07) is 8.36. The van der Waals surface area contributed by atoms with Crippen molar-refractivity contribution >= 4 is 0 Å². The third-order valence-electron chi connectivity index (χ3n) is 3.07. The van der Waals surface area contributed by atoms with Crippen LogP contribution in [0.5, 0.6) is 0 Å². The van der Waals surface area contributed by atoms with Gasteiger partial charge in [-0.2, -0.15) is 0 Å². The number of ether oxygens (including phenoxy) is 2. The number of hydrogen-bond donors (Lipinski definition) is 0. The highest BCUT2D eigenvalue weighted by Crippen LogP contribution is 2.13. The Labute approximate surface area is 109 Å². The lowest BCUT2D eigenvalue weighted by Gasteiger charge is -2.21. The molecule has 0 N–H and O–H groups in total. The summed E-state index contributed by atoms with van der Waals surface area (Å²) in [6.07, 6.45) is 4.35. The van der Waals surface area contributed by atoms with Gasteiger partial charge in [0.25, 0.3) is 0 Å². The number of hydrogen-bond acceptors (Lipinski definition) is 2. The van der Waals surface area contributed by atoms with Gasteiger partial charge in [-0.3, -0.25) is 0 Å². The minimum Gasteiger partial charge on any atom is -0.353 e. The van der Waals surface area contributed by atoms with E-state index in [-0.39, 0.29) is 6.29 Å². The fourth-order valence-corrected chi connectivity index (χ4v) is 1.94. The molecule has 2 rings (SSSR count). The van der Waals surface area contributed by atoms with Crippen LogP contribution in [-0.4, -0.2) is 19.5 Å². The van der Waals surface area contributed by atoms with Crippen LogP contribution < -0.4 is 0 Å². The van der Waals surface area contributed by atoms with E-state index in [4.69, 9.17) is 9.47 Å². The fraction of sp³-hybridized carbons (Fsp3) is 0.500. The molecule has 1 unspecified atom stereocenters. The largest absolute Gasteiger partial charge is 0.353 e. The summed E-state index contributed by atoms with van der Waals surface area (Å²) in [4.78, 5) is 0. The maximum atomic E-state index is 5.55. The van der Waals surface area contributed by atoms with Gasteiger partial charge in [0, 0.05) is 12.2 Å². The average molecular weight is 244 g/mol. The van der Waals surface area contributed by atoms with Gasteiger partial charge in [0.05, 0.1) is 0 Å². The molecular formula is C16H20O2. The van der Waals surface area contributed by atoms with Crippen molar-refractivity contribution < 1.29 is 9.47 Å². The maximum Gasteiger partial charge on any atom is 0.158 e. The van der Waals surface area contributed by atoms with E-state index in [9.17, 15) is 0 Å². The average Bonchev–Trinajstić information content (AvgIpc) is 2.45. The predicted octanol–water partition coefficient (Wildman–Crippen LogP) is 3.14. The first-order chi connectivity index (χ1) is 8.88. The normalized spacial score (nSPS) is 19.1. The van der Waals surface area contributed by atoms with Crippen molar-refractivity contribution in [2.75, 3.05) is 13.2 Å². The van der Waals surface area contributed by atoms with Crippen LogP contribution in [0, 0.1) is 11.8 Å². The van der Waals surface area contributed by atoms with Crippen LogP contribution in [0.4, 0.5) is 0 Å². The van der Waals surface area contributed by atoms with Crippen molar-refractivity contribution in [3.05, 3.63) is 35.4 Å². The molecule has 0 amide bonds. The van der Waals surface area contributed by atoms with Crippen molar-refractivity contribution in [3.63, 3.8) is 0 Å². The standard InChI is InChI=1S/C16H20O2/c1-2-14-8-10-15(11-9-14)6-5-13-18-16-7-3-4-12-17-16/h8-11,16H,2-4,7,12-13H2,1H3. The molecule has 0 bridgehead atoms. The van der Waals surface area contributed by atoms with Crippen LogP contribution >= 0.6 is 0 Å². The Balaban J connectivity index is 1.76.